The van der Waals surface area contributed by atoms with Gasteiger partial charge in [0, 0.05) is 10.9 Å². The number of halogens is 2. The van der Waals surface area contributed by atoms with Crippen LogP contribution in [0.3, 0.4) is 0 Å². The van der Waals surface area contributed by atoms with Crippen molar-refractivity contribution in [2.75, 3.05) is 0 Å². The summed E-state index contributed by atoms with van der Waals surface area (Å²) in [6, 6.07) is 18.6. The highest BCUT2D eigenvalue weighted by Gasteiger charge is 2.08. The predicted octanol–water partition coefficient (Wildman–Crippen LogP) is 5.22. The van der Waals surface area contributed by atoms with Crippen LogP contribution >= 0.6 is 23.2 Å². The first-order valence-electron chi connectivity index (χ1n) is 6.45. The first-order chi connectivity index (χ1) is 9.78. The Morgan fingerprint density at radius 3 is 2.45 bits per heavy atom. The van der Waals surface area contributed by atoms with Crippen molar-refractivity contribution in [3.8, 4) is 0 Å². The van der Waals surface area contributed by atoms with E-state index >= 15 is 0 Å². The third kappa shape index (κ3) is 2.65. The average molecular weight is 302 g/mol. The van der Waals surface area contributed by atoms with Gasteiger partial charge in [-0.1, -0.05) is 60.1 Å². The molecule has 0 amide bonds. The standard InChI is InChI=1S/C17H13Cl2N/c18-11-15-10-14-8-4-7-13(16(14)20-17(15)19)9-12-5-2-1-3-6-12/h1-8,10H,9,11H2. The molecule has 1 nitrogen and oxygen atoms in total. The van der Waals surface area contributed by atoms with E-state index in [1.54, 1.807) is 0 Å². The molecule has 3 rings (SSSR count). The lowest BCUT2D eigenvalue weighted by atomic mass is 10.0. The van der Waals surface area contributed by atoms with E-state index in [1.807, 2.05) is 36.4 Å². The molecule has 0 saturated carbocycles. The number of fused-ring (bicyclic) bond motifs is 1. The Morgan fingerprint density at radius 1 is 0.900 bits per heavy atom. The van der Waals surface area contributed by atoms with Crippen LogP contribution in [0, 0.1) is 0 Å². The molecule has 3 aromatic rings. The molecular formula is C17H13Cl2N. The lowest BCUT2D eigenvalue weighted by molar-refractivity contribution is 1.19. The van der Waals surface area contributed by atoms with Gasteiger partial charge in [-0.25, -0.2) is 4.98 Å². The van der Waals surface area contributed by atoms with Crippen molar-refractivity contribution in [2.24, 2.45) is 0 Å². The van der Waals surface area contributed by atoms with Gasteiger partial charge in [0.2, 0.25) is 0 Å². The molecule has 0 bridgehead atoms. The molecule has 1 heterocycles. The van der Waals surface area contributed by atoms with Gasteiger partial charge in [-0.05, 0) is 23.6 Å². The number of alkyl halides is 1. The highest BCUT2D eigenvalue weighted by atomic mass is 35.5. The van der Waals surface area contributed by atoms with Gasteiger partial charge < -0.3 is 0 Å². The van der Waals surface area contributed by atoms with Crippen molar-refractivity contribution in [1.29, 1.82) is 0 Å². The highest BCUT2D eigenvalue weighted by Crippen LogP contribution is 2.25. The minimum atomic E-state index is 0.380. The summed E-state index contributed by atoms with van der Waals surface area (Å²) in [5, 5.41) is 1.58. The normalized spacial score (nSPS) is 10.9. The predicted molar refractivity (Wildman–Crippen MR) is 85.6 cm³/mol. The number of benzene rings is 2. The van der Waals surface area contributed by atoms with Gasteiger partial charge in [0.25, 0.3) is 0 Å². The molecule has 3 heteroatoms. The van der Waals surface area contributed by atoms with Crippen molar-refractivity contribution in [2.45, 2.75) is 12.3 Å². The van der Waals surface area contributed by atoms with E-state index < -0.39 is 0 Å². The van der Waals surface area contributed by atoms with Gasteiger partial charge in [0.05, 0.1) is 11.4 Å². The molecule has 0 radical (unpaired) electrons. The molecule has 20 heavy (non-hydrogen) atoms. The Bertz CT molecular complexity index is 739. The van der Waals surface area contributed by atoms with Crippen LogP contribution < -0.4 is 0 Å². The van der Waals surface area contributed by atoms with Crippen molar-refractivity contribution in [3.63, 3.8) is 0 Å². The topological polar surface area (TPSA) is 12.9 Å². The fraction of sp³-hybridized carbons (Fsp3) is 0.118. The first kappa shape index (κ1) is 13.4. The number of hydrogen-bond donors (Lipinski definition) is 0. The molecule has 2 aromatic carbocycles. The molecule has 0 atom stereocenters. The molecule has 100 valence electrons. The molecule has 0 saturated heterocycles. The molecule has 0 aliphatic carbocycles. The molecule has 0 spiro atoms. The quantitative estimate of drug-likeness (QED) is 0.477. The Kier molecular flexibility index (Phi) is 3.90. The van der Waals surface area contributed by atoms with Crippen molar-refractivity contribution >= 4 is 34.1 Å². The van der Waals surface area contributed by atoms with Crippen LogP contribution in [-0.2, 0) is 12.3 Å². The van der Waals surface area contributed by atoms with Gasteiger partial charge in [-0.3, -0.25) is 0 Å². The minimum Gasteiger partial charge on any atom is -0.235 e. The van der Waals surface area contributed by atoms with Crippen LogP contribution in [0.2, 0.25) is 5.15 Å². The van der Waals surface area contributed by atoms with E-state index in [9.17, 15) is 0 Å². The molecule has 0 aliphatic heterocycles. The fourth-order valence-corrected chi connectivity index (χ4v) is 2.81. The number of hydrogen-bond acceptors (Lipinski definition) is 1. The summed E-state index contributed by atoms with van der Waals surface area (Å²) < 4.78 is 0. The van der Waals surface area contributed by atoms with Gasteiger partial charge in [0.1, 0.15) is 5.15 Å². The zero-order valence-electron chi connectivity index (χ0n) is 10.8. The Hall–Kier alpha value is -1.57. The molecule has 0 unspecified atom stereocenters. The number of rotatable bonds is 3. The summed E-state index contributed by atoms with van der Waals surface area (Å²) in [6.45, 7) is 0. The maximum atomic E-state index is 6.18. The lowest BCUT2D eigenvalue weighted by Crippen LogP contribution is -1.94. The van der Waals surface area contributed by atoms with Crippen molar-refractivity contribution in [1.82, 2.24) is 4.98 Å². The second-order valence-corrected chi connectivity index (χ2v) is 5.35. The van der Waals surface area contributed by atoms with E-state index in [4.69, 9.17) is 23.2 Å². The summed E-state index contributed by atoms with van der Waals surface area (Å²) in [4.78, 5) is 4.52. The van der Waals surface area contributed by atoms with E-state index in [-0.39, 0.29) is 0 Å². The van der Waals surface area contributed by atoms with Gasteiger partial charge in [0.15, 0.2) is 0 Å². The highest BCUT2D eigenvalue weighted by molar-refractivity contribution is 6.31. The van der Waals surface area contributed by atoms with Crippen LogP contribution in [0.5, 0.6) is 0 Å². The summed E-state index contributed by atoms with van der Waals surface area (Å²) in [7, 11) is 0. The number of pyridine rings is 1. The summed E-state index contributed by atoms with van der Waals surface area (Å²) in [5.74, 6) is 0.380. The average Bonchev–Trinajstić information content (AvgIpc) is 2.48. The van der Waals surface area contributed by atoms with Crippen LogP contribution in [0.4, 0.5) is 0 Å². The Labute approximate surface area is 128 Å². The largest absolute Gasteiger partial charge is 0.235 e. The van der Waals surface area contributed by atoms with Crippen LogP contribution in [0.1, 0.15) is 16.7 Å². The van der Waals surface area contributed by atoms with Crippen molar-refractivity contribution in [3.05, 3.63) is 76.4 Å². The third-order valence-electron chi connectivity index (χ3n) is 3.34. The zero-order valence-corrected chi connectivity index (χ0v) is 12.3. The van der Waals surface area contributed by atoms with E-state index in [0.717, 1.165) is 22.9 Å². The van der Waals surface area contributed by atoms with E-state index in [2.05, 4.69) is 23.2 Å². The number of nitrogens with zero attached hydrogens (tertiary/aromatic N) is 1. The molecular weight excluding hydrogens is 289 g/mol. The van der Waals surface area contributed by atoms with Gasteiger partial charge in [-0.2, -0.15) is 0 Å². The first-order valence-corrected chi connectivity index (χ1v) is 7.36. The second-order valence-electron chi connectivity index (χ2n) is 4.72. The number of para-hydroxylation sites is 1. The minimum absolute atomic E-state index is 0.380. The summed E-state index contributed by atoms with van der Waals surface area (Å²) in [5.41, 5.74) is 4.27. The SMILES string of the molecule is ClCc1cc2cccc(Cc3ccccc3)c2nc1Cl. The molecule has 0 aliphatic rings. The Balaban J connectivity index is 2.09. The van der Waals surface area contributed by atoms with E-state index in [1.165, 1.54) is 11.1 Å². The maximum Gasteiger partial charge on any atom is 0.134 e. The van der Waals surface area contributed by atoms with E-state index in [0.29, 0.717) is 11.0 Å². The van der Waals surface area contributed by atoms with Crippen LogP contribution in [0.15, 0.2) is 54.6 Å². The van der Waals surface area contributed by atoms with Gasteiger partial charge in [-0.15, -0.1) is 11.6 Å². The Morgan fingerprint density at radius 2 is 1.70 bits per heavy atom. The maximum absolute atomic E-state index is 6.18. The lowest BCUT2D eigenvalue weighted by Gasteiger charge is -2.08. The van der Waals surface area contributed by atoms with Crippen molar-refractivity contribution < 1.29 is 0 Å². The van der Waals surface area contributed by atoms with Gasteiger partial charge >= 0.3 is 0 Å². The second kappa shape index (κ2) is 5.82. The molecule has 0 N–H and O–H groups in total. The fourth-order valence-electron chi connectivity index (χ4n) is 2.33. The smallest absolute Gasteiger partial charge is 0.134 e. The summed E-state index contributed by atoms with van der Waals surface area (Å²) >= 11 is 12.1. The third-order valence-corrected chi connectivity index (χ3v) is 3.95. The zero-order chi connectivity index (χ0) is 13.9. The molecule has 1 aromatic heterocycles. The van der Waals surface area contributed by atoms with Crippen LogP contribution in [-0.4, -0.2) is 4.98 Å². The van der Waals surface area contributed by atoms with Crippen LogP contribution in [0.25, 0.3) is 10.9 Å². The summed E-state index contributed by atoms with van der Waals surface area (Å²) in [6.07, 6.45) is 0.849. The molecule has 0 fully saturated rings. The monoisotopic (exact) mass is 301 g/mol. The number of aromatic nitrogens is 1.